The monoisotopic (exact) mass is 430 g/mol. The van der Waals surface area contributed by atoms with E-state index in [-0.39, 0.29) is 18.1 Å². The number of hydrogen-bond acceptors (Lipinski definition) is 6. The van der Waals surface area contributed by atoms with E-state index in [9.17, 15) is 4.79 Å². The van der Waals surface area contributed by atoms with Crippen molar-refractivity contribution in [2.45, 2.75) is 39.3 Å². The second-order valence-electron chi connectivity index (χ2n) is 8.15. The van der Waals surface area contributed by atoms with Crippen molar-refractivity contribution in [3.05, 3.63) is 47.5 Å². The van der Waals surface area contributed by atoms with Gasteiger partial charge in [0.25, 0.3) is 5.91 Å². The molecule has 0 aliphatic carbocycles. The van der Waals surface area contributed by atoms with Gasteiger partial charge in [0.2, 0.25) is 0 Å². The number of ether oxygens (including phenoxy) is 4. The lowest BCUT2D eigenvalue weighted by Crippen LogP contribution is -2.43. The Bertz CT molecular complexity index is 862. The maximum atomic E-state index is 12.1. The molecule has 7 heteroatoms. The van der Waals surface area contributed by atoms with Gasteiger partial charge in [0.15, 0.2) is 29.6 Å². The summed E-state index contributed by atoms with van der Waals surface area (Å²) in [5, 5.41) is 6.32. The highest BCUT2D eigenvalue weighted by Gasteiger charge is 2.16. The Morgan fingerprint density at radius 3 is 2.29 bits per heavy atom. The number of para-hydroxylation sites is 1. The largest absolute Gasteiger partial charge is 0.493 e. The molecule has 2 aromatic carbocycles. The zero-order chi connectivity index (χ0) is 22.9. The van der Waals surface area contributed by atoms with E-state index in [1.54, 1.807) is 21.3 Å². The molecule has 2 rings (SSSR count). The molecule has 0 aliphatic heterocycles. The fourth-order valence-corrected chi connectivity index (χ4v) is 3.11. The molecule has 0 saturated heterocycles. The number of methoxy groups -OCH3 is 3. The molecule has 1 amide bonds. The van der Waals surface area contributed by atoms with Gasteiger partial charge in [-0.3, -0.25) is 4.79 Å². The first kappa shape index (κ1) is 24.3. The van der Waals surface area contributed by atoms with Crippen molar-refractivity contribution in [3.63, 3.8) is 0 Å². The van der Waals surface area contributed by atoms with Crippen LogP contribution in [0.15, 0.2) is 36.4 Å². The van der Waals surface area contributed by atoms with Crippen molar-refractivity contribution in [3.8, 4) is 23.0 Å². The van der Waals surface area contributed by atoms with E-state index in [4.69, 9.17) is 18.9 Å². The van der Waals surface area contributed by atoms with Crippen molar-refractivity contribution in [1.29, 1.82) is 0 Å². The summed E-state index contributed by atoms with van der Waals surface area (Å²) in [4.78, 5) is 12.1. The molecule has 0 unspecified atom stereocenters. The van der Waals surface area contributed by atoms with Crippen LogP contribution in [0.1, 0.15) is 31.9 Å². The summed E-state index contributed by atoms with van der Waals surface area (Å²) in [6.07, 6.45) is 0.828. The molecule has 7 nitrogen and oxygen atoms in total. The topological polar surface area (TPSA) is 78.0 Å². The minimum atomic E-state index is -0.310. The van der Waals surface area contributed by atoms with Crippen LogP contribution in [0.4, 0.5) is 0 Å². The first-order valence-corrected chi connectivity index (χ1v) is 10.3. The molecule has 0 saturated carbocycles. The smallest absolute Gasteiger partial charge is 0.258 e. The molecular formula is C24H34N2O5. The van der Waals surface area contributed by atoms with Crippen LogP contribution in [0.2, 0.25) is 0 Å². The number of rotatable bonds is 11. The van der Waals surface area contributed by atoms with E-state index in [0.29, 0.717) is 23.8 Å². The fourth-order valence-electron chi connectivity index (χ4n) is 3.11. The molecule has 0 fully saturated rings. The third kappa shape index (κ3) is 7.68. The second kappa shape index (κ2) is 11.5. The Balaban J connectivity index is 1.96. The predicted molar refractivity (Wildman–Crippen MR) is 121 cm³/mol. The highest BCUT2D eigenvalue weighted by Crippen LogP contribution is 2.31. The van der Waals surface area contributed by atoms with Gasteiger partial charge in [-0.05, 0) is 57.5 Å². The van der Waals surface area contributed by atoms with E-state index in [0.717, 1.165) is 29.8 Å². The van der Waals surface area contributed by atoms with Crippen molar-refractivity contribution in [2.75, 3.05) is 34.5 Å². The second-order valence-corrected chi connectivity index (χ2v) is 8.15. The van der Waals surface area contributed by atoms with Crippen LogP contribution in [-0.2, 0) is 17.8 Å². The normalized spacial score (nSPS) is 11.0. The minimum absolute atomic E-state index is 0.0731. The molecule has 0 atom stereocenters. The minimum Gasteiger partial charge on any atom is -0.493 e. The zero-order valence-electron chi connectivity index (χ0n) is 19.3. The summed E-state index contributed by atoms with van der Waals surface area (Å²) in [5.74, 6) is 2.44. The van der Waals surface area contributed by atoms with Crippen LogP contribution in [0.5, 0.6) is 23.0 Å². The van der Waals surface area contributed by atoms with Gasteiger partial charge in [-0.2, -0.15) is 0 Å². The molecule has 0 radical (unpaired) electrons. The molecule has 0 heterocycles. The molecule has 31 heavy (non-hydrogen) atoms. The van der Waals surface area contributed by atoms with Crippen LogP contribution in [0.3, 0.4) is 0 Å². The van der Waals surface area contributed by atoms with Crippen molar-refractivity contribution in [2.24, 2.45) is 0 Å². The molecular weight excluding hydrogens is 396 g/mol. The summed E-state index contributed by atoms with van der Waals surface area (Å²) in [6.45, 7) is 7.07. The van der Waals surface area contributed by atoms with Gasteiger partial charge in [0.1, 0.15) is 0 Å². The summed E-state index contributed by atoms with van der Waals surface area (Å²) in [6, 6.07) is 11.6. The average molecular weight is 431 g/mol. The summed E-state index contributed by atoms with van der Waals surface area (Å²) in [7, 11) is 4.84. The Morgan fingerprint density at radius 2 is 1.65 bits per heavy atom. The van der Waals surface area contributed by atoms with Crippen molar-refractivity contribution < 1.29 is 23.7 Å². The van der Waals surface area contributed by atoms with Gasteiger partial charge in [-0.1, -0.05) is 18.2 Å². The third-order valence-electron chi connectivity index (χ3n) is 4.50. The lowest BCUT2D eigenvalue weighted by atomic mass is 10.1. The van der Waals surface area contributed by atoms with Crippen LogP contribution >= 0.6 is 0 Å². The van der Waals surface area contributed by atoms with Crippen LogP contribution in [0.25, 0.3) is 0 Å². The third-order valence-corrected chi connectivity index (χ3v) is 4.50. The quantitative estimate of drug-likeness (QED) is 0.533. The lowest BCUT2D eigenvalue weighted by molar-refractivity contribution is -0.124. The number of hydrogen-bond donors (Lipinski definition) is 2. The predicted octanol–water partition coefficient (Wildman–Crippen LogP) is 3.34. The molecule has 0 bridgehead atoms. The first-order chi connectivity index (χ1) is 14.8. The van der Waals surface area contributed by atoms with E-state index >= 15 is 0 Å². The van der Waals surface area contributed by atoms with Gasteiger partial charge in [0, 0.05) is 17.6 Å². The fraction of sp³-hybridized carbons (Fsp3) is 0.458. The SMILES string of the molecule is COc1ccc(CCNCc2cccc(OC)c2OCC(=O)NC(C)(C)C)cc1OC. The Labute approximate surface area is 185 Å². The zero-order valence-corrected chi connectivity index (χ0v) is 19.3. The average Bonchev–Trinajstić information content (AvgIpc) is 2.73. The number of nitrogens with one attached hydrogen (secondary N) is 2. The Kier molecular flexibility index (Phi) is 9.00. The van der Waals surface area contributed by atoms with Gasteiger partial charge in [0.05, 0.1) is 21.3 Å². The van der Waals surface area contributed by atoms with Gasteiger partial charge in [-0.25, -0.2) is 0 Å². The van der Waals surface area contributed by atoms with E-state index < -0.39 is 0 Å². The van der Waals surface area contributed by atoms with Crippen LogP contribution < -0.4 is 29.6 Å². The van der Waals surface area contributed by atoms with E-state index in [2.05, 4.69) is 10.6 Å². The van der Waals surface area contributed by atoms with Crippen molar-refractivity contribution >= 4 is 5.91 Å². The van der Waals surface area contributed by atoms with Crippen molar-refractivity contribution in [1.82, 2.24) is 10.6 Å². The highest BCUT2D eigenvalue weighted by atomic mass is 16.5. The molecule has 0 aromatic heterocycles. The molecule has 170 valence electrons. The van der Waals surface area contributed by atoms with E-state index in [1.807, 2.05) is 57.2 Å². The highest BCUT2D eigenvalue weighted by molar-refractivity contribution is 5.78. The lowest BCUT2D eigenvalue weighted by Gasteiger charge is -2.21. The van der Waals surface area contributed by atoms with Crippen LogP contribution in [-0.4, -0.2) is 45.9 Å². The summed E-state index contributed by atoms with van der Waals surface area (Å²) >= 11 is 0. The molecule has 0 aliphatic rings. The molecule has 2 N–H and O–H groups in total. The van der Waals surface area contributed by atoms with Crippen LogP contribution in [0, 0.1) is 0 Å². The van der Waals surface area contributed by atoms with Gasteiger partial charge < -0.3 is 29.6 Å². The first-order valence-electron chi connectivity index (χ1n) is 10.3. The molecule has 0 spiro atoms. The van der Waals surface area contributed by atoms with Gasteiger partial charge >= 0.3 is 0 Å². The Morgan fingerprint density at radius 1 is 0.935 bits per heavy atom. The van der Waals surface area contributed by atoms with E-state index in [1.165, 1.54) is 0 Å². The maximum Gasteiger partial charge on any atom is 0.258 e. The standard InChI is InChI=1S/C24H34N2O5/c1-24(2,3)26-22(27)16-31-23-18(8-7-9-20(23)29-5)15-25-13-12-17-10-11-19(28-4)21(14-17)30-6/h7-11,14,25H,12-13,15-16H2,1-6H3,(H,26,27). The maximum absolute atomic E-state index is 12.1. The molecule has 2 aromatic rings. The number of carbonyl (C=O) groups is 1. The Hall–Kier alpha value is -2.93. The van der Waals surface area contributed by atoms with Gasteiger partial charge in [-0.15, -0.1) is 0 Å². The summed E-state index contributed by atoms with van der Waals surface area (Å²) < 4.78 is 21.9. The summed E-state index contributed by atoms with van der Waals surface area (Å²) in [5.41, 5.74) is 1.76. The number of amides is 1. The number of benzene rings is 2. The number of carbonyl (C=O) groups excluding carboxylic acids is 1.